The molecule has 0 N–H and O–H groups in total. The fourth-order valence-electron chi connectivity index (χ4n) is 1.72. The number of aryl methyl sites for hydroxylation is 1. The summed E-state index contributed by atoms with van der Waals surface area (Å²) in [5, 5.41) is 2.19. The molecule has 1 nitrogen and oxygen atoms in total. The molecule has 2 aromatic rings. The number of alkyl halides is 1. The minimum absolute atomic E-state index is 0.694. The lowest BCUT2D eigenvalue weighted by molar-refractivity contribution is 0.482. The molecule has 0 bridgehead atoms. The molecule has 0 radical (unpaired) electrons. The molecule has 0 fully saturated rings. The Balaban J connectivity index is 2.23. The van der Waals surface area contributed by atoms with Crippen LogP contribution in [-0.4, -0.2) is 0 Å². The van der Waals surface area contributed by atoms with Gasteiger partial charge in [-0.05, 0) is 47.9 Å². The van der Waals surface area contributed by atoms with Gasteiger partial charge >= 0.3 is 0 Å². The standard InChI is InChI=1S/C15H13BrCl2O/c1-2-10-7-12(5-6-14(10)17)19-13-4-3-11(9-16)15(18)8-13/h3-8H,2,9H2,1H3. The molecule has 100 valence electrons. The maximum Gasteiger partial charge on any atom is 0.128 e. The van der Waals surface area contributed by atoms with E-state index in [1.165, 1.54) is 0 Å². The van der Waals surface area contributed by atoms with Crippen molar-refractivity contribution in [3.63, 3.8) is 0 Å². The maximum absolute atomic E-state index is 6.15. The molecule has 0 aliphatic heterocycles. The number of hydrogen-bond acceptors (Lipinski definition) is 1. The number of rotatable bonds is 4. The molecular formula is C15H13BrCl2O. The van der Waals surface area contributed by atoms with Crippen molar-refractivity contribution in [2.24, 2.45) is 0 Å². The summed E-state index contributed by atoms with van der Waals surface area (Å²) < 4.78 is 5.80. The van der Waals surface area contributed by atoms with E-state index in [4.69, 9.17) is 27.9 Å². The van der Waals surface area contributed by atoms with Crippen LogP contribution < -0.4 is 4.74 Å². The lowest BCUT2D eigenvalue weighted by atomic mass is 10.1. The van der Waals surface area contributed by atoms with E-state index in [0.29, 0.717) is 5.02 Å². The predicted molar refractivity (Wildman–Crippen MR) is 85.0 cm³/mol. The number of hydrogen-bond donors (Lipinski definition) is 0. The van der Waals surface area contributed by atoms with Gasteiger partial charge in [0.1, 0.15) is 11.5 Å². The van der Waals surface area contributed by atoms with Crippen LogP contribution in [0.25, 0.3) is 0 Å². The average molecular weight is 360 g/mol. The molecule has 2 rings (SSSR count). The van der Waals surface area contributed by atoms with Gasteiger partial charge in [-0.25, -0.2) is 0 Å². The smallest absolute Gasteiger partial charge is 0.128 e. The Morgan fingerprint density at radius 2 is 1.63 bits per heavy atom. The van der Waals surface area contributed by atoms with Crippen molar-refractivity contribution in [3.8, 4) is 11.5 Å². The van der Waals surface area contributed by atoms with Crippen LogP contribution in [0.1, 0.15) is 18.1 Å². The van der Waals surface area contributed by atoms with Crippen LogP contribution in [0.4, 0.5) is 0 Å². The summed E-state index contributed by atoms with van der Waals surface area (Å²) in [6.45, 7) is 2.06. The van der Waals surface area contributed by atoms with E-state index in [1.807, 2.05) is 36.4 Å². The number of halogens is 3. The molecule has 0 atom stereocenters. The SMILES string of the molecule is CCc1cc(Oc2ccc(CBr)c(Cl)c2)ccc1Cl. The van der Waals surface area contributed by atoms with E-state index in [-0.39, 0.29) is 0 Å². The topological polar surface area (TPSA) is 9.23 Å². The maximum atomic E-state index is 6.15. The molecule has 0 aliphatic rings. The van der Waals surface area contributed by atoms with Gasteiger partial charge in [0.05, 0.1) is 0 Å². The molecule has 0 aromatic heterocycles. The molecule has 0 heterocycles. The normalized spacial score (nSPS) is 10.5. The monoisotopic (exact) mass is 358 g/mol. The summed E-state index contributed by atoms with van der Waals surface area (Å²) in [6.07, 6.45) is 0.874. The molecule has 0 aliphatic carbocycles. The molecule has 0 saturated carbocycles. The minimum Gasteiger partial charge on any atom is -0.457 e. The fourth-order valence-corrected chi connectivity index (χ4v) is 2.86. The summed E-state index contributed by atoms with van der Waals surface area (Å²) in [5.74, 6) is 1.49. The number of benzene rings is 2. The molecule has 19 heavy (non-hydrogen) atoms. The third kappa shape index (κ3) is 3.65. The van der Waals surface area contributed by atoms with E-state index in [9.17, 15) is 0 Å². The third-order valence-electron chi connectivity index (χ3n) is 2.80. The Kier molecular flexibility index (Phi) is 5.14. The van der Waals surface area contributed by atoms with E-state index in [0.717, 1.165) is 39.4 Å². The molecule has 0 spiro atoms. The van der Waals surface area contributed by atoms with Crippen molar-refractivity contribution >= 4 is 39.1 Å². The van der Waals surface area contributed by atoms with Gasteiger partial charge in [0.25, 0.3) is 0 Å². The first-order valence-electron chi connectivity index (χ1n) is 5.94. The second-order valence-electron chi connectivity index (χ2n) is 4.10. The highest BCUT2D eigenvalue weighted by molar-refractivity contribution is 9.08. The van der Waals surface area contributed by atoms with Crippen molar-refractivity contribution in [2.45, 2.75) is 18.7 Å². The summed E-state index contributed by atoms with van der Waals surface area (Å²) >= 11 is 15.6. The van der Waals surface area contributed by atoms with Crippen molar-refractivity contribution in [2.75, 3.05) is 0 Å². The Morgan fingerprint density at radius 3 is 2.26 bits per heavy atom. The summed E-state index contributed by atoms with van der Waals surface area (Å²) in [6, 6.07) is 11.3. The summed E-state index contributed by atoms with van der Waals surface area (Å²) in [7, 11) is 0. The molecular weight excluding hydrogens is 347 g/mol. The zero-order chi connectivity index (χ0) is 13.8. The van der Waals surface area contributed by atoms with Crippen molar-refractivity contribution in [3.05, 3.63) is 57.6 Å². The van der Waals surface area contributed by atoms with E-state index in [2.05, 4.69) is 22.9 Å². The molecule has 4 heteroatoms. The van der Waals surface area contributed by atoms with Gasteiger partial charge in [0.2, 0.25) is 0 Å². The lowest BCUT2D eigenvalue weighted by Gasteiger charge is -2.09. The van der Waals surface area contributed by atoms with Crippen LogP contribution in [-0.2, 0) is 11.8 Å². The first-order chi connectivity index (χ1) is 9.13. The van der Waals surface area contributed by atoms with Crippen molar-refractivity contribution in [1.82, 2.24) is 0 Å². The minimum atomic E-state index is 0.694. The van der Waals surface area contributed by atoms with Crippen molar-refractivity contribution < 1.29 is 4.74 Å². The molecule has 0 saturated heterocycles. The highest BCUT2D eigenvalue weighted by Crippen LogP contribution is 2.30. The Hall–Kier alpha value is -0.700. The first-order valence-corrected chi connectivity index (χ1v) is 7.82. The Bertz CT molecular complexity index is 584. The van der Waals surface area contributed by atoms with Crippen LogP contribution in [0.5, 0.6) is 11.5 Å². The van der Waals surface area contributed by atoms with Gasteiger partial charge in [-0.15, -0.1) is 0 Å². The summed E-state index contributed by atoms with van der Waals surface area (Å²) in [4.78, 5) is 0. The first kappa shape index (κ1) is 14.7. The van der Waals surface area contributed by atoms with Crippen LogP contribution >= 0.6 is 39.1 Å². The van der Waals surface area contributed by atoms with Gasteiger partial charge in [-0.3, -0.25) is 0 Å². The molecule has 0 amide bonds. The van der Waals surface area contributed by atoms with E-state index in [1.54, 1.807) is 0 Å². The Labute approximate surface area is 131 Å². The highest BCUT2D eigenvalue weighted by Gasteiger charge is 2.05. The largest absolute Gasteiger partial charge is 0.457 e. The highest BCUT2D eigenvalue weighted by atomic mass is 79.9. The number of ether oxygens (including phenoxy) is 1. The zero-order valence-corrected chi connectivity index (χ0v) is 13.5. The second kappa shape index (κ2) is 6.65. The third-order valence-corrected chi connectivity index (χ3v) is 4.13. The van der Waals surface area contributed by atoms with E-state index < -0.39 is 0 Å². The van der Waals surface area contributed by atoms with Gasteiger partial charge in [-0.1, -0.05) is 52.1 Å². The Morgan fingerprint density at radius 1 is 0.947 bits per heavy atom. The summed E-state index contributed by atoms with van der Waals surface area (Å²) in [5.41, 5.74) is 2.11. The predicted octanol–water partition coefficient (Wildman–Crippen LogP) is 6.24. The van der Waals surface area contributed by atoms with Gasteiger partial charge in [-0.2, -0.15) is 0 Å². The van der Waals surface area contributed by atoms with Crippen LogP contribution in [0.2, 0.25) is 10.0 Å². The molecule has 2 aromatic carbocycles. The van der Waals surface area contributed by atoms with E-state index >= 15 is 0 Å². The van der Waals surface area contributed by atoms with Crippen LogP contribution in [0, 0.1) is 0 Å². The molecule has 0 unspecified atom stereocenters. The van der Waals surface area contributed by atoms with Crippen molar-refractivity contribution in [1.29, 1.82) is 0 Å². The van der Waals surface area contributed by atoms with Crippen LogP contribution in [0.15, 0.2) is 36.4 Å². The van der Waals surface area contributed by atoms with Gasteiger partial charge in [0.15, 0.2) is 0 Å². The van der Waals surface area contributed by atoms with Gasteiger partial charge in [0, 0.05) is 15.4 Å². The lowest BCUT2D eigenvalue weighted by Crippen LogP contribution is -1.89. The second-order valence-corrected chi connectivity index (χ2v) is 5.47. The quantitative estimate of drug-likeness (QED) is 0.586. The fraction of sp³-hybridized carbons (Fsp3) is 0.200. The van der Waals surface area contributed by atoms with Gasteiger partial charge < -0.3 is 4.74 Å². The average Bonchev–Trinajstić information content (AvgIpc) is 2.41. The zero-order valence-electron chi connectivity index (χ0n) is 10.4. The van der Waals surface area contributed by atoms with Crippen LogP contribution in [0.3, 0.4) is 0 Å².